The molecule has 0 amide bonds. The third-order valence-electron chi connectivity index (χ3n) is 5.34. The summed E-state index contributed by atoms with van der Waals surface area (Å²) in [6.07, 6.45) is 3.46. The van der Waals surface area contributed by atoms with Crippen molar-refractivity contribution < 1.29 is 9.13 Å². The Morgan fingerprint density at radius 1 is 1.22 bits per heavy atom. The summed E-state index contributed by atoms with van der Waals surface area (Å²) in [4.78, 5) is 0. The predicted octanol–water partition coefficient (Wildman–Crippen LogP) is 2.74. The molecule has 124 valence electrons. The first-order chi connectivity index (χ1) is 11.1. The normalized spacial score (nSPS) is 31.0. The summed E-state index contributed by atoms with van der Waals surface area (Å²) in [5, 5.41) is 14.6. The zero-order valence-corrected chi connectivity index (χ0v) is 13.6. The van der Waals surface area contributed by atoms with E-state index >= 15 is 0 Å². The van der Waals surface area contributed by atoms with Gasteiger partial charge in [0.2, 0.25) is 0 Å². The lowest BCUT2D eigenvalue weighted by molar-refractivity contribution is -0.185. The molecular formula is C17H23FN4O. The lowest BCUT2D eigenvalue weighted by Gasteiger charge is -2.54. The maximum absolute atomic E-state index is 14.3. The molecule has 2 heterocycles. The molecule has 1 aliphatic carbocycles. The molecular weight excluding hydrogens is 295 g/mol. The second-order valence-corrected chi connectivity index (χ2v) is 7.09. The number of piperidine rings is 1. The van der Waals surface area contributed by atoms with Crippen molar-refractivity contribution in [2.75, 3.05) is 13.1 Å². The van der Waals surface area contributed by atoms with Gasteiger partial charge in [0.15, 0.2) is 0 Å². The fraction of sp³-hybridized carbons (Fsp3) is 0.647. The Labute approximate surface area is 135 Å². The van der Waals surface area contributed by atoms with E-state index < -0.39 is 5.60 Å². The van der Waals surface area contributed by atoms with Gasteiger partial charge in [-0.2, -0.15) is 15.4 Å². The molecule has 2 aliphatic rings. The van der Waals surface area contributed by atoms with E-state index in [1.165, 1.54) is 12.5 Å². The number of ether oxygens (including phenoxy) is 1. The lowest BCUT2D eigenvalue weighted by atomic mass is 9.62. The molecule has 2 N–H and O–H groups in total. The van der Waals surface area contributed by atoms with E-state index in [1.807, 2.05) is 0 Å². The van der Waals surface area contributed by atoms with Crippen LogP contribution in [0.2, 0.25) is 0 Å². The van der Waals surface area contributed by atoms with Crippen LogP contribution in [0.5, 0.6) is 0 Å². The summed E-state index contributed by atoms with van der Waals surface area (Å²) in [5.74, 6) is 0.392. The van der Waals surface area contributed by atoms with Gasteiger partial charge in [0.05, 0.1) is 6.10 Å². The number of rotatable bonds is 3. The van der Waals surface area contributed by atoms with Gasteiger partial charge in [-0.15, -0.1) is 0 Å². The molecule has 1 aromatic heterocycles. The Morgan fingerprint density at radius 2 is 1.96 bits per heavy atom. The summed E-state index contributed by atoms with van der Waals surface area (Å²) in [5.41, 5.74) is 1.70. The van der Waals surface area contributed by atoms with Crippen LogP contribution in [0.15, 0.2) is 12.1 Å². The standard InChI is InChI=1S/C17H23FN4O/c1-10(2)23-17(11-4-3-5-12(17)9-19-8-11)14-6-13(18)7-15-16(14)21-22-20-15/h6-7,10-12,19H,3-5,8-9H2,1-2H3,(H,20,21,22). The van der Waals surface area contributed by atoms with Crippen LogP contribution >= 0.6 is 0 Å². The molecule has 1 aromatic carbocycles. The van der Waals surface area contributed by atoms with E-state index in [-0.39, 0.29) is 11.9 Å². The molecule has 1 aliphatic heterocycles. The van der Waals surface area contributed by atoms with Crippen LogP contribution in [-0.4, -0.2) is 34.6 Å². The van der Waals surface area contributed by atoms with Crippen LogP contribution in [0.25, 0.3) is 11.0 Å². The van der Waals surface area contributed by atoms with Crippen molar-refractivity contribution in [3.8, 4) is 0 Å². The highest BCUT2D eigenvalue weighted by Gasteiger charge is 2.53. The van der Waals surface area contributed by atoms with Crippen molar-refractivity contribution in [2.24, 2.45) is 11.8 Å². The first-order valence-corrected chi connectivity index (χ1v) is 8.50. The van der Waals surface area contributed by atoms with Gasteiger partial charge >= 0.3 is 0 Å². The molecule has 4 rings (SSSR count). The van der Waals surface area contributed by atoms with Crippen LogP contribution in [0, 0.1) is 17.7 Å². The SMILES string of the molecule is CC(C)OC1(c2cc(F)cc3n[nH]nc23)C2CCCC1CNC2. The molecule has 1 saturated heterocycles. The summed E-state index contributed by atoms with van der Waals surface area (Å²) in [6.45, 7) is 5.91. The zero-order valence-electron chi connectivity index (χ0n) is 13.6. The van der Waals surface area contributed by atoms with Gasteiger partial charge in [-0.25, -0.2) is 4.39 Å². The van der Waals surface area contributed by atoms with Crippen LogP contribution in [0.3, 0.4) is 0 Å². The summed E-state index contributed by atoms with van der Waals surface area (Å²) in [7, 11) is 0. The van der Waals surface area contributed by atoms with E-state index in [9.17, 15) is 4.39 Å². The predicted molar refractivity (Wildman–Crippen MR) is 85.4 cm³/mol. The molecule has 1 saturated carbocycles. The number of hydrogen-bond acceptors (Lipinski definition) is 4. The molecule has 0 radical (unpaired) electrons. The number of nitrogens with one attached hydrogen (secondary N) is 2. The van der Waals surface area contributed by atoms with Crippen molar-refractivity contribution in [2.45, 2.75) is 44.8 Å². The highest BCUT2D eigenvalue weighted by atomic mass is 19.1. The Bertz CT molecular complexity index is 692. The minimum Gasteiger partial charge on any atom is -0.367 e. The second kappa shape index (κ2) is 5.53. The van der Waals surface area contributed by atoms with Crippen LogP contribution in [0.1, 0.15) is 38.7 Å². The number of nitrogens with zero attached hydrogens (tertiary/aromatic N) is 2. The van der Waals surface area contributed by atoms with Crippen molar-refractivity contribution in [1.29, 1.82) is 0 Å². The van der Waals surface area contributed by atoms with Crippen molar-refractivity contribution in [3.05, 3.63) is 23.5 Å². The average Bonchev–Trinajstić information content (AvgIpc) is 2.93. The number of fused-ring (bicyclic) bond motifs is 3. The number of aromatic amines is 1. The van der Waals surface area contributed by atoms with E-state index in [4.69, 9.17) is 4.74 Å². The molecule has 2 fully saturated rings. The lowest BCUT2D eigenvalue weighted by Crippen LogP contribution is -2.59. The number of hydrogen-bond donors (Lipinski definition) is 2. The summed E-state index contributed by atoms with van der Waals surface area (Å²) < 4.78 is 20.8. The van der Waals surface area contributed by atoms with E-state index in [0.29, 0.717) is 17.4 Å². The van der Waals surface area contributed by atoms with Gasteiger partial charge < -0.3 is 10.1 Å². The van der Waals surface area contributed by atoms with Crippen LogP contribution < -0.4 is 5.32 Å². The van der Waals surface area contributed by atoms with Gasteiger partial charge in [0.25, 0.3) is 0 Å². The van der Waals surface area contributed by atoms with Gasteiger partial charge in [-0.1, -0.05) is 6.42 Å². The number of benzene rings is 1. The van der Waals surface area contributed by atoms with Crippen molar-refractivity contribution in [1.82, 2.24) is 20.7 Å². The third-order valence-corrected chi connectivity index (χ3v) is 5.34. The van der Waals surface area contributed by atoms with E-state index in [1.54, 1.807) is 6.07 Å². The first-order valence-electron chi connectivity index (χ1n) is 8.50. The molecule has 6 heteroatoms. The molecule has 2 atom stereocenters. The third kappa shape index (κ3) is 2.27. The number of H-pyrrole nitrogens is 1. The van der Waals surface area contributed by atoms with E-state index in [2.05, 4.69) is 34.6 Å². The zero-order chi connectivity index (χ0) is 16.0. The fourth-order valence-corrected chi connectivity index (χ4v) is 4.61. The Kier molecular flexibility index (Phi) is 3.61. The smallest absolute Gasteiger partial charge is 0.125 e. The maximum Gasteiger partial charge on any atom is 0.125 e. The van der Waals surface area contributed by atoms with E-state index in [0.717, 1.165) is 37.0 Å². The molecule has 2 aromatic rings. The van der Waals surface area contributed by atoms with Crippen LogP contribution in [0.4, 0.5) is 4.39 Å². The molecule has 2 unspecified atom stereocenters. The Hall–Kier alpha value is -1.53. The minimum absolute atomic E-state index is 0.0708. The van der Waals surface area contributed by atoms with Crippen molar-refractivity contribution >= 4 is 11.0 Å². The highest BCUT2D eigenvalue weighted by Crippen LogP contribution is 2.52. The van der Waals surface area contributed by atoms with Gasteiger partial charge in [0, 0.05) is 36.6 Å². The summed E-state index contributed by atoms with van der Waals surface area (Å²) in [6, 6.07) is 3.05. The van der Waals surface area contributed by atoms with Gasteiger partial charge in [-0.3, -0.25) is 0 Å². The highest BCUT2D eigenvalue weighted by molar-refractivity contribution is 5.78. The number of halogens is 1. The molecule has 5 nitrogen and oxygen atoms in total. The number of aromatic nitrogens is 3. The van der Waals surface area contributed by atoms with Crippen LogP contribution in [-0.2, 0) is 10.3 Å². The average molecular weight is 318 g/mol. The Morgan fingerprint density at radius 3 is 2.65 bits per heavy atom. The maximum atomic E-state index is 14.3. The minimum atomic E-state index is -0.477. The second-order valence-electron chi connectivity index (χ2n) is 7.09. The van der Waals surface area contributed by atoms with Gasteiger partial charge in [0.1, 0.15) is 22.5 Å². The Balaban J connectivity index is 1.96. The molecule has 2 bridgehead atoms. The molecule has 0 spiro atoms. The summed E-state index contributed by atoms with van der Waals surface area (Å²) >= 11 is 0. The van der Waals surface area contributed by atoms with Gasteiger partial charge in [-0.05, 0) is 32.8 Å². The quantitative estimate of drug-likeness (QED) is 0.913. The first kappa shape index (κ1) is 15.0. The monoisotopic (exact) mass is 318 g/mol. The largest absolute Gasteiger partial charge is 0.367 e. The van der Waals surface area contributed by atoms with Crippen molar-refractivity contribution in [3.63, 3.8) is 0 Å². The fourth-order valence-electron chi connectivity index (χ4n) is 4.61. The molecule has 23 heavy (non-hydrogen) atoms. The topological polar surface area (TPSA) is 62.8 Å².